The van der Waals surface area contributed by atoms with Crippen molar-refractivity contribution < 1.29 is 8.83 Å². The van der Waals surface area contributed by atoms with Crippen molar-refractivity contribution in [2.75, 3.05) is 0 Å². The molecule has 0 amide bonds. The van der Waals surface area contributed by atoms with E-state index in [-0.39, 0.29) is 0 Å². The average molecular weight is 1230 g/mol. The largest absolute Gasteiger partial charge is 0.456 e. The molecule has 91 heavy (non-hydrogen) atoms. The third kappa shape index (κ3) is 8.81. The van der Waals surface area contributed by atoms with Crippen molar-refractivity contribution >= 4 is 125 Å². The number of nitrogens with zero attached hydrogens (tertiary/aromatic N) is 3. The Morgan fingerprint density at radius 3 is 1.13 bits per heavy atom. The maximum Gasteiger partial charge on any atom is 0.135 e. The van der Waals surface area contributed by atoms with E-state index in [1.54, 1.807) is 0 Å². The van der Waals surface area contributed by atoms with E-state index in [2.05, 4.69) is 303 Å². The van der Waals surface area contributed by atoms with Crippen molar-refractivity contribution in [1.29, 1.82) is 0 Å². The molecule has 0 aliphatic heterocycles. The molecule has 6 heteroatoms. The van der Waals surface area contributed by atoms with Gasteiger partial charge in [-0.1, -0.05) is 198 Å². The molecule has 0 atom stereocenters. The highest BCUT2D eigenvalue weighted by molar-refractivity contribution is 9.10. The van der Waals surface area contributed by atoms with Crippen molar-refractivity contribution in [3.8, 4) is 50.4 Å². The van der Waals surface area contributed by atoms with Gasteiger partial charge in [0.15, 0.2) is 0 Å². The summed E-state index contributed by atoms with van der Waals surface area (Å²) >= 11 is 3.46. The predicted octanol–water partition coefficient (Wildman–Crippen LogP) is 23.8. The molecule has 0 N–H and O–H groups in total. The van der Waals surface area contributed by atoms with Crippen LogP contribution in [0.1, 0.15) is 11.1 Å². The highest BCUT2D eigenvalue weighted by Gasteiger charge is 2.21. The summed E-state index contributed by atoms with van der Waals surface area (Å²) < 4.78 is 20.0. The number of halogens is 1. The molecule has 0 spiro atoms. The van der Waals surface area contributed by atoms with Gasteiger partial charge in [-0.3, -0.25) is 0 Å². The minimum atomic E-state index is 0.909. The number of hydrogen-bond acceptors (Lipinski definition) is 2. The van der Waals surface area contributed by atoms with Crippen LogP contribution >= 0.6 is 15.9 Å². The standard InChI is InChI=1S/C42H26N2O.C31H21N.C12H7BrO/c1-2-10-29(11-3-1)43-37-15-7-4-12-31(37)34-24-27(18-21-39(34)43)28-19-22-40-35(25-28)32-13-5-8-16-38(32)44(40)30-20-23-42-36(26-30)33-14-6-9-17-41(33)45-42;1-2-9-25(10-3-1)32-30-13-7-6-12-27(30)29-20-22(16-17-31(29)32)21-14-15-24-18-23-8-4-5-11-26(23)28(24)19-21;13-8-5-6-12-10(7-8)9-3-1-2-4-11(9)14-12/h1-26H;1-17,19-20H,18H2;1-7H. The number of para-hydroxylation sites is 7. The zero-order valence-electron chi connectivity index (χ0n) is 49.3. The predicted molar refractivity (Wildman–Crippen MR) is 384 cm³/mol. The number of furan rings is 2. The van der Waals surface area contributed by atoms with Gasteiger partial charge in [0.1, 0.15) is 22.3 Å². The Bertz CT molecular complexity index is 6080. The van der Waals surface area contributed by atoms with E-state index < -0.39 is 0 Å². The average Bonchev–Trinajstić information content (AvgIpc) is 1.67. The second kappa shape index (κ2) is 21.4. The van der Waals surface area contributed by atoms with E-state index in [0.29, 0.717) is 0 Å². The Kier molecular flexibility index (Phi) is 12.4. The van der Waals surface area contributed by atoms with Crippen LogP contribution in [0.25, 0.3) is 160 Å². The summed E-state index contributed by atoms with van der Waals surface area (Å²) in [6, 6.07) is 113. The third-order valence-corrected chi connectivity index (χ3v) is 19.0. The molecule has 5 nitrogen and oxygen atoms in total. The van der Waals surface area contributed by atoms with Gasteiger partial charge in [-0.05, 0) is 184 Å². The highest BCUT2D eigenvalue weighted by atomic mass is 79.9. The van der Waals surface area contributed by atoms with Crippen LogP contribution in [0.2, 0.25) is 0 Å². The van der Waals surface area contributed by atoms with Crippen LogP contribution in [0, 0.1) is 0 Å². The van der Waals surface area contributed by atoms with Crippen LogP contribution < -0.4 is 0 Å². The lowest BCUT2D eigenvalue weighted by atomic mass is 9.97. The van der Waals surface area contributed by atoms with Crippen LogP contribution in [-0.4, -0.2) is 13.7 Å². The Labute approximate surface area is 532 Å². The van der Waals surface area contributed by atoms with Gasteiger partial charge in [-0.15, -0.1) is 0 Å². The van der Waals surface area contributed by atoms with Crippen LogP contribution in [0.15, 0.2) is 329 Å². The lowest BCUT2D eigenvalue weighted by Crippen LogP contribution is -1.93. The lowest BCUT2D eigenvalue weighted by Gasteiger charge is -2.09. The maximum absolute atomic E-state index is 6.14. The zero-order chi connectivity index (χ0) is 60.1. The monoisotopic (exact) mass is 1230 g/mol. The van der Waals surface area contributed by atoms with Gasteiger partial charge in [0.05, 0.1) is 33.1 Å². The molecule has 0 saturated carbocycles. The Morgan fingerprint density at radius 2 is 0.604 bits per heavy atom. The van der Waals surface area contributed by atoms with Crippen LogP contribution in [0.4, 0.5) is 0 Å². The summed E-state index contributed by atoms with van der Waals surface area (Å²) in [5, 5.41) is 12.2. The fraction of sp³-hybridized carbons (Fsp3) is 0.0118. The number of fused-ring (bicyclic) bond motifs is 18. The van der Waals surface area contributed by atoms with E-state index in [1.165, 1.54) is 127 Å². The molecular weight excluding hydrogens is 1170 g/mol. The summed E-state index contributed by atoms with van der Waals surface area (Å²) in [4.78, 5) is 0. The van der Waals surface area contributed by atoms with Crippen molar-refractivity contribution in [2.24, 2.45) is 0 Å². The molecule has 5 aromatic heterocycles. The van der Waals surface area contributed by atoms with Crippen LogP contribution in [0.5, 0.6) is 0 Å². The van der Waals surface area contributed by atoms with Gasteiger partial charge in [0.2, 0.25) is 0 Å². The van der Waals surface area contributed by atoms with Gasteiger partial charge in [0.25, 0.3) is 0 Å². The lowest BCUT2D eigenvalue weighted by molar-refractivity contribution is 0.668. The van der Waals surface area contributed by atoms with Crippen molar-refractivity contribution in [1.82, 2.24) is 13.7 Å². The van der Waals surface area contributed by atoms with Gasteiger partial charge in [-0.25, -0.2) is 0 Å². The van der Waals surface area contributed by atoms with Crippen molar-refractivity contribution in [3.05, 3.63) is 331 Å². The molecule has 0 unspecified atom stereocenters. The van der Waals surface area contributed by atoms with E-state index >= 15 is 0 Å². The number of aromatic nitrogens is 3. The van der Waals surface area contributed by atoms with E-state index in [1.807, 2.05) is 42.5 Å². The molecule has 1 aliphatic rings. The van der Waals surface area contributed by atoms with E-state index in [0.717, 1.165) is 55.1 Å². The Hall–Kier alpha value is -11.4. The third-order valence-electron chi connectivity index (χ3n) is 18.5. The first-order valence-electron chi connectivity index (χ1n) is 30.9. The molecule has 0 fully saturated rings. The molecule has 0 radical (unpaired) electrons. The molecule has 14 aromatic carbocycles. The summed E-state index contributed by atoms with van der Waals surface area (Å²) in [7, 11) is 0. The summed E-state index contributed by atoms with van der Waals surface area (Å²) in [6.45, 7) is 0. The first-order chi connectivity index (χ1) is 45.0. The topological polar surface area (TPSA) is 41.1 Å². The minimum absolute atomic E-state index is 0.909. The first kappa shape index (κ1) is 52.7. The van der Waals surface area contributed by atoms with Crippen LogP contribution in [0.3, 0.4) is 0 Å². The molecule has 5 heterocycles. The molecule has 20 rings (SSSR count). The Balaban J connectivity index is 0.000000115. The molecular formula is C85H54BrN3O2. The molecule has 428 valence electrons. The number of hydrogen-bond donors (Lipinski definition) is 0. The van der Waals surface area contributed by atoms with Crippen molar-refractivity contribution in [3.63, 3.8) is 0 Å². The second-order valence-electron chi connectivity index (χ2n) is 23.6. The minimum Gasteiger partial charge on any atom is -0.456 e. The van der Waals surface area contributed by atoms with Crippen LogP contribution in [-0.2, 0) is 6.42 Å². The van der Waals surface area contributed by atoms with Gasteiger partial charge >= 0.3 is 0 Å². The molecule has 1 aliphatic carbocycles. The Morgan fingerprint density at radius 1 is 0.231 bits per heavy atom. The zero-order valence-corrected chi connectivity index (χ0v) is 50.9. The van der Waals surface area contributed by atoms with Gasteiger partial charge in [0, 0.05) is 75.4 Å². The molecule has 0 saturated heterocycles. The van der Waals surface area contributed by atoms with Gasteiger partial charge in [-0.2, -0.15) is 0 Å². The highest BCUT2D eigenvalue weighted by Crippen LogP contribution is 2.43. The normalized spacial score (nSPS) is 12.0. The van der Waals surface area contributed by atoms with E-state index in [9.17, 15) is 0 Å². The SMILES string of the molecule is Brc1ccc2oc3ccccc3c2c1.c1ccc(-n2c3ccccc3c3cc(-c4ccc5c(c4)-c4ccccc4C5)ccc32)cc1.c1ccc(-n2c3ccccc3c3cc(-c4ccc5c(c4)c4ccccc4n5-c4ccc5oc6ccccc6c5c4)ccc32)cc1. The second-order valence-corrected chi connectivity index (χ2v) is 24.6. The van der Waals surface area contributed by atoms with Gasteiger partial charge < -0.3 is 22.5 Å². The molecule has 0 bridgehead atoms. The summed E-state index contributed by atoms with van der Waals surface area (Å²) in [5.41, 5.74) is 25.1. The van der Waals surface area contributed by atoms with Crippen molar-refractivity contribution in [2.45, 2.75) is 6.42 Å². The fourth-order valence-electron chi connectivity index (χ4n) is 14.3. The quantitative estimate of drug-likeness (QED) is 0.172. The van der Waals surface area contributed by atoms with E-state index in [4.69, 9.17) is 8.83 Å². The summed E-state index contributed by atoms with van der Waals surface area (Å²) in [5.74, 6) is 0. The summed E-state index contributed by atoms with van der Waals surface area (Å²) in [6.07, 6.45) is 1.04. The number of rotatable bonds is 5. The smallest absolute Gasteiger partial charge is 0.135 e. The number of benzene rings is 14. The first-order valence-corrected chi connectivity index (χ1v) is 31.7. The fourth-order valence-corrected chi connectivity index (χ4v) is 14.7. The molecule has 19 aromatic rings. The maximum atomic E-state index is 6.14.